The number of rotatable bonds is 2. The highest BCUT2D eigenvalue weighted by molar-refractivity contribution is 5.44. The van der Waals surface area contributed by atoms with Crippen LogP contribution in [-0.4, -0.2) is 12.1 Å². The average molecular weight is 102 g/mol. The first-order valence-corrected chi connectivity index (χ1v) is 2.10. The zero-order chi connectivity index (χ0) is 5.70. The molecule has 0 aromatic rings. The molecule has 7 heavy (non-hydrogen) atoms. The summed E-state index contributed by atoms with van der Waals surface area (Å²) in [6, 6.07) is 0. The van der Waals surface area contributed by atoms with Crippen LogP contribution in [-0.2, 0) is 4.79 Å². The summed E-state index contributed by atoms with van der Waals surface area (Å²) in [6.45, 7) is 1.40. The molecule has 0 N–H and O–H groups in total. The van der Waals surface area contributed by atoms with Crippen molar-refractivity contribution in [1.29, 1.82) is 0 Å². The zero-order valence-electron chi connectivity index (χ0n) is 4.15. The third-order valence-corrected chi connectivity index (χ3v) is 0.526. The largest absolute Gasteiger partial charge is 0.247 e. The van der Waals surface area contributed by atoms with Gasteiger partial charge in [-0.1, -0.05) is 0 Å². The van der Waals surface area contributed by atoms with E-state index < -0.39 is 6.17 Å². The van der Waals surface area contributed by atoms with E-state index in [2.05, 4.69) is 0 Å². The minimum atomic E-state index is -0.915. The summed E-state index contributed by atoms with van der Waals surface area (Å²) >= 11 is 0. The first-order chi connectivity index (χ1) is 3.27. The maximum Gasteiger partial charge on any atom is 0.120 e. The van der Waals surface area contributed by atoms with Crippen molar-refractivity contribution in [2.75, 3.05) is 0 Å². The lowest BCUT2D eigenvalue weighted by Crippen LogP contribution is -1.86. The van der Waals surface area contributed by atoms with Gasteiger partial charge in [0, 0.05) is 12.5 Å². The van der Waals surface area contributed by atoms with Gasteiger partial charge in [0.25, 0.3) is 0 Å². The number of allylic oxidation sites excluding steroid dienone is 1. The summed E-state index contributed by atoms with van der Waals surface area (Å²) in [4.78, 5) is 9.36. The van der Waals surface area contributed by atoms with Crippen LogP contribution < -0.4 is 0 Å². The molecular weight excluding hydrogens is 95.1 g/mol. The summed E-state index contributed by atoms with van der Waals surface area (Å²) in [5.74, 6) is 1.48. The van der Waals surface area contributed by atoms with E-state index in [0.717, 1.165) is 6.08 Å². The highest BCUT2D eigenvalue weighted by atomic mass is 19.1. The molecule has 0 amide bonds. The predicted octanol–water partition coefficient (Wildman–Crippen LogP) is 1.12. The van der Waals surface area contributed by atoms with Crippen LogP contribution in [0.15, 0.2) is 6.08 Å². The van der Waals surface area contributed by atoms with Gasteiger partial charge in [-0.05, 0) is 6.92 Å². The van der Waals surface area contributed by atoms with Crippen LogP contribution in [0.3, 0.4) is 0 Å². The van der Waals surface area contributed by atoms with Crippen LogP contribution in [0.25, 0.3) is 0 Å². The SMILES string of the molecule is CC(F)CC=C=O. The lowest BCUT2D eigenvalue weighted by molar-refractivity contribution is 0.365. The molecule has 1 nitrogen and oxygen atoms in total. The second-order valence-corrected chi connectivity index (χ2v) is 1.34. The Bertz CT molecular complexity index is 82.1. The molecule has 1 unspecified atom stereocenters. The normalized spacial score (nSPS) is 12.3. The number of halogens is 1. The Morgan fingerprint density at radius 3 is 2.71 bits per heavy atom. The van der Waals surface area contributed by atoms with Crippen molar-refractivity contribution in [3.8, 4) is 0 Å². The van der Waals surface area contributed by atoms with Crippen LogP contribution in [0, 0.1) is 0 Å². The monoisotopic (exact) mass is 102 g/mol. The highest BCUT2D eigenvalue weighted by Gasteiger charge is 1.89. The molecule has 0 saturated carbocycles. The maximum atomic E-state index is 11.7. The lowest BCUT2D eigenvalue weighted by Gasteiger charge is -1.87. The Labute approximate surface area is 41.8 Å². The van der Waals surface area contributed by atoms with Gasteiger partial charge in [0.2, 0.25) is 0 Å². The highest BCUT2D eigenvalue weighted by Crippen LogP contribution is 1.92. The molecular formula is C5H7FO. The molecule has 0 aliphatic carbocycles. The van der Waals surface area contributed by atoms with Gasteiger partial charge in [-0.2, -0.15) is 0 Å². The van der Waals surface area contributed by atoms with E-state index >= 15 is 0 Å². The van der Waals surface area contributed by atoms with Crippen LogP contribution >= 0.6 is 0 Å². The Hall–Kier alpha value is -0.620. The van der Waals surface area contributed by atoms with Crippen molar-refractivity contribution in [2.24, 2.45) is 0 Å². The van der Waals surface area contributed by atoms with Gasteiger partial charge in [-0.25, -0.2) is 9.18 Å². The molecule has 40 valence electrons. The van der Waals surface area contributed by atoms with Gasteiger partial charge in [0.1, 0.15) is 12.1 Å². The Morgan fingerprint density at radius 2 is 2.57 bits per heavy atom. The van der Waals surface area contributed by atoms with Crippen LogP contribution in [0.4, 0.5) is 4.39 Å². The number of hydrogen-bond acceptors (Lipinski definition) is 1. The Kier molecular flexibility index (Phi) is 3.25. The molecule has 0 bridgehead atoms. The lowest BCUT2D eigenvalue weighted by atomic mass is 10.3. The predicted molar refractivity (Wildman–Crippen MR) is 25.5 cm³/mol. The zero-order valence-corrected chi connectivity index (χ0v) is 4.15. The smallest absolute Gasteiger partial charge is 0.120 e. The maximum absolute atomic E-state index is 11.7. The van der Waals surface area contributed by atoms with Crippen LogP contribution in [0.2, 0.25) is 0 Å². The standard InChI is InChI=1S/C5H7FO/c1-5(6)3-2-4-7/h2,5H,3H2,1H3. The molecule has 0 aliphatic heterocycles. The Balaban J connectivity index is 3.13. The van der Waals surface area contributed by atoms with E-state index in [4.69, 9.17) is 0 Å². The second-order valence-electron chi connectivity index (χ2n) is 1.34. The number of hydrogen-bond donors (Lipinski definition) is 0. The molecule has 0 aromatic carbocycles. The molecule has 0 spiro atoms. The van der Waals surface area contributed by atoms with Crippen molar-refractivity contribution in [3.63, 3.8) is 0 Å². The fourth-order valence-corrected chi connectivity index (χ4v) is 0.211. The van der Waals surface area contributed by atoms with Crippen molar-refractivity contribution < 1.29 is 9.18 Å². The van der Waals surface area contributed by atoms with E-state index in [1.165, 1.54) is 12.9 Å². The number of carbonyl (C=O) groups excluding carboxylic acids is 1. The fraction of sp³-hybridized carbons (Fsp3) is 0.600. The van der Waals surface area contributed by atoms with Crippen molar-refractivity contribution in [3.05, 3.63) is 6.08 Å². The van der Waals surface area contributed by atoms with Gasteiger partial charge < -0.3 is 0 Å². The summed E-state index contributed by atoms with van der Waals surface area (Å²) in [5.41, 5.74) is 0. The van der Waals surface area contributed by atoms with E-state index in [1.807, 2.05) is 0 Å². The molecule has 0 heterocycles. The van der Waals surface area contributed by atoms with E-state index in [9.17, 15) is 9.18 Å². The summed E-state index contributed by atoms with van der Waals surface area (Å²) in [6.07, 6.45) is 0.412. The van der Waals surface area contributed by atoms with Gasteiger partial charge in [0.15, 0.2) is 0 Å². The van der Waals surface area contributed by atoms with Gasteiger partial charge >= 0.3 is 0 Å². The Morgan fingerprint density at radius 1 is 2.00 bits per heavy atom. The third-order valence-electron chi connectivity index (χ3n) is 0.526. The topological polar surface area (TPSA) is 17.1 Å². The fourth-order valence-electron chi connectivity index (χ4n) is 0.211. The van der Waals surface area contributed by atoms with Gasteiger partial charge in [-0.3, -0.25) is 0 Å². The minimum absolute atomic E-state index is 0.184. The van der Waals surface area contributed by atoms with E-state index in [0.29, 0.717) is 0 Å². The van der Waals surface area contributed by atoms with Crippen molar-refractivity contribution in [2.45, 2.75) is 19.5 Å². The summed E-state index contributed by atoms with van der Waals surface area (Å²) < 4.78 is 11.7. The molecule has 0 saturated heterocycles. The molecule has 0 aromatic heterocycles. The van der Waals surface area contributed by atoms with Crippen molar-refractivity contribution >= 4 is 5.94 Å². The first-order valence-electron chi connectivity index (χ1n) is 2.10. The van der Waals surface area contributed by atoms with Gasteiger partial charge in [0.05, 0.1) is 0 Å². The van der Waals surface area contributed by atoms with E-state index in [-0.39, 0.29) is 6.42 Å². The first kappa shape index (κ1) is 6.38. The van der Waals surface area contributed by atoms with Gasteiger partial charge in [-0.15, -0.1) is 0 Å². The summed E-state index contributed by atoms with van der Waals surface area (Å²) in [7, 11) is 0. The molecule has 0 fully saturated rings. The van der Waals surface area contributed by atoms with E-state index in [1.54, 1.807) is 0 Å². The molecule has 0 aliphatic rings. The molecule has 1 atom stereocenters. The molecule has 0 rings (SSSR count). The van der Waals surface area contributed by atoms with Crippen LogP contribution in [0.1, 0.15) is 13.3 Å². The molecule has 2 heteroatoms. The minimum Gasteiger partial charge on any atom is -0.247 e. The summed E-state index contributed by atoms with van der Waals surface area (Å²) in [5, 5.41) is 0. The average Bonchev–Trinajstić information content (AvgIpc) is 1.61. The van der Waals surface area contributed by atoms with Crippen molar-refractivity contribution in [1.82, 2.24) is 0 Å². The molecule has 0 radical (unpaired) electrons. The second kappa shape index (κ2) is 3.57. The van der Waals surface area contributed by atoms with Crippen LogP contribution in [0.5, 0.6) is 0 Å². The third kappa shape index (κ3) is 5.38. The number of alkyl halides is 1. The quantitative estimate of drug-likeness (QED) is 0.477.